The Morgan fingerprint density at radius 3 is 2.26 bits per heavy atom. The first-order valence-electron chi connectivity index (χ1n) is 9.40. The van der Waals surface area contributed by atoms with Gasteiger partial charge >= 0.3 is 0 Å². The van der Waals surface area contributed by atoms with Crippen molar-refractivity contribution in [2.24, 2.45) is 0 Å². The Balaban J connectivity index is 1.38. The lowest BCUT2D eigenvalue weighted by atomic mass is 9.77. The molecule has 0 atom stereocenters. The van der Waals surface area contributed by atoms with Crippen molar-refractivity contribution in [3.63, 3.8) is 0 Å². The van der Waals surface area contributed by atoms with Crippen LogP contribution in [0.3, 0.4) is 0 Å². The quantitative estimate of drug-likeness (QED) is 0.292. The van der Waals surface area contributed by atoms with Crippen LogP contribution < -0.4 is 0 Å². The zero-order valence-electron chi connectivity index (χ0n) is 15.1. The molecule has 0 spiro atoms. The van der Waals surface area contributed by atoms with E-state index in [2.05, 4.69) is 73.0 Å². The van der Waals surface area contributed by atoms with E-state index < -0.39 is 0 Å². The van der Waals surface area contributed by atoms with Crippen molar-refractivity contribution < 1.29 is 0 Å². The Kier molecular flexibility index (Phi) is 3.35. The number of benzene rings is 3. The highest BCUT2D eigenvalue weighted by Gasteiger charge is 2.27. The van der Waals surface area contributed by atoms with Crippen LogP contribution in [0.25, 0.3) is 42.4 Å². The fourth-order valence-corrected chi connectivity index (χ4v) is 6.15. The third-order valence-electron chi connectivity index (χ3n) is 5.71. The van der Waals surface area contributed by atoms with Crippen molar-refractivity contribution in [3.05, 3.63) is 82.0 Å². The summed E-state index contributed by atoms with van der Waals surface area (Å²) in [6.07, 6.45) is 2.23. The second kappa shape index (κ2) is 5.79. The minimum Gasteiger partial charge on any atom is -0.144 e. The average molecular weight is 383 g/mol. The van der Waals surface area contributed by atoms with Crippen LogP contribution in [0, 0.1) is 6.92 Å². The first-order valence-corrected chi connectivity index (χ1v) is 11.1. The van der Waals surface area contributed by atoms with Crippen molar-refractivity contribution in [1.82, 2.24) is 0 Å². The summed E-state index contributed by atoms with van der Waals surface area (Å²) < 4.78 is 2.81. The van der Waals surface area contributed by atoms with Crippen LogP contribution in [-0.4, -0.2) is 0 Å². The maximum atomic E-state index is 2.44. The summed E-state index contributed by atoms with van der Waals surface area (Å²) in [6, 6.07) is 22.9. The van der Waals surface area contributed by atoms with Crippen molar-refractivity contribution in [3.8, 4) is 22.3 Å². The predicted molar refractivity (Wildman–Crippen MR) is 120 cm³/mol. The molecule has 1 aliphatic carbocycles. The molecule has 0 unspecified atom stereocenters. The number of rotatable bonds is 3. The Labute approximate surface area is 166 Å². The van der Waals surface area contributed by atoms with Crippen molar-refractivity contribution in [2.45, 2.75) is 19.8 Å². The second-order valence-electron chi connectivity index (χ2n) is 7.42. The van der Waals surface area contributed by atoms with Gasteiger partial charge in [0, 0.05) is 25.0 Å². The molecule has 0 N–H and O–H groups in total. The molecule has 0 radical (unpaired) electrons. The minimum absolute atomic E-state index is 1.11. The number of hydrogen-bond acceptors (Lipinski definition) is 2. The van der Waals surface area contributed by atoms with E-state index in [1.54, 1.807) is 0 Å². The van der Waals surface area contributed by atoms with E-state index in [1.807, 2.05) is 22.7 Å². The fourth-order valence-electron chi connectivity index (χ4n) is 4.29. The summed E-state index contributed by atoms with van der Waals surface area (Å²) in [6.45, 7) is 2.15. The van der Waals surface area contributed by atoms with Crippen LogP contribution in [0.5, 0.6) is 0 Å². The molecule has 130 valence electrons. The lowest BCUT2D eigenvalue weighted by Gasteiger charge is -2.25. The highest BCUT2D eigenvalue weighted by Crippen LogP contribution is 2.55. The molecule has 0 aliphatic heterocycles. The van der Waals surface area contributed by atoms with Crippen LogP contribution in [0.4, 0.5) is 0 Å². The first kappa shape index (κ1) is 15.6. The Bertz CT molecular complexity index is 1320. The van der Waals surface area contributed by atoms with Gasteiger partial charge in [-0.15, -0.1) is 22.7 Å². The monoisotopic (exact) mass is 382 g/mol. The maximum Gasteiger partial charge on any atom is 0.0352 e. The summed E-state index contributed by atoms with van der Waals surface area (Å²) in [5.74, 6) is 0. The molecule has 2 heteroatoms. The van der Waals surface area contributed by atoms with Gasteiger partial charge in [-0.1, -0.05) is 42.0 Å². The predicted octanol–water partition coefficient (Wildman–Crippen LogP) is 7.86. The van der Waals surface area contributed by atoms with Gasteiger partial charge in [0.2, 0.25) is 0 Å². The van der Waals surface area contributed by atoms with Crippen LogP contribution >= 0.6 is 22.7 Å². The van der Waals surface area contributed by atoms with Gasteiger partial charge in [0.05, 0.1) is 0 Å². The molecule has 0 fully saturated rings. The molecule has 0 nitrogen and oxygen atoms in total. The molecule has 5 aromatic rings. The molecule has 1 aliphatic rings. The summed E-state index contributed by atoms with van der Waals surface area (Å²) in [4.78, 5) is 1.49. The van der Waals surface area contributed by atoms with Crippen molar-refractivity contribution in [1.29, 1.82) is 0 Å². The van der Waals surface area contributed by atoms with Gasteiger partial charge in [-0.05, 0) is 77.2 Å². The topological polar surface area (TPSA) is 0 Å². The van der Waals surface area contributed by atoms with Gasteiger partial charge in [0.1, 0.15) is 0 Å². The van der Waals surface area contributed by atoms with Gasteiger partial charge in [0.25, 0.3) is 0 Å². The Hall–Kier alpha value is -2.42. The molecular weight excluding hydrogens is 364 g/mol. The smallest absolute Gasteiger partial charge is 0.0352 e. The zero-order valence-corrected chi connectivity index (χ0v) is 16.7. The lowest BCUT2D eigenvalue weighted by Crippen LogP contribution is -1.98. The van der Waals surface area contributed by atoms with Crippen LogP contribution in [0.15, 0.2) is 66.0 Å². The van der Waals surface area contributed by atoms with E-state index in [4.69, 9.17) is 0 Å². The molecule has 0 saturated carbocycles. The average Bonchev–Trinajstić information content (AvgIpc) is 3.29. The highest BCUT2D eigenvalue weighted by molar-refractivity contribution is 7.19. The third-order valence-corrected chi connectivity index (χ3v) is 7.75. The molecule has 3 aromatic carbocycles. The van der Waals surface area contributed by atoms with E-state index in [0.29, 0.717) is 0 Å². The summed E-state index contributed by atoms with van der Waals surface area (Å²) in [5.41, 5.74) is 8.55. The molecular formula is C25H18S2. The zero-order chi connectivity index (χ0) is 18.0. The fraction of sp³-hybridized carbons (Fsp3) is 0.120. The Morgan fingerprint density at radius 1 is 0.704 bits per heavy atom. The van der Waals surface area contributed by atoms with Gasteiger partial charge in [-0.25, -0.2) is 0 Å². The number of aryl methyl sites for hydroxylation is 3. The van der Waals surface area contributed by atoms with E-state index in [0.717, 1.165) is 12.8 Å². The van der Waals surface area contributed by atoms with Crippen molar-refractivity contribution >= 4 is 42.8 Å². The van der Waals surface area contributed by atoms with E-state index in [-0.39, 0.29) is 0 Å². The lowest BCUT2D eigenvalue weighted by molar-refractivity contribution is 0.980. The van der Waals surface area contributed by atoms with Gasteiger partial charge < -0.3 is 0 Å². The summed E-state index contributed by atoms with van der Waals surface area (Å²) >= 11 is 3.79. The Morgan fingerprint density at radius 2 is 1.44 bits per heavy atom. The van der Waals surface area contributed by atoms with E-state index in [1.165, 1.54) is 58.4 Å². The standard InChI is InChI=1S/C25H18S2/c1-15-2-4-16(5-3-15)6-7-17-14-21-23(27-17)11-9-20-24-18-12-13-26-22(18)10-8-19(24)25(20)21/h2-5,8-14H,6-7H2,1H3. The number of hydrogen-bond donors (Lipinski definition) is 0. The second-order valence-corrected chi connectivity index (χ2v) is 9.53. The summed E-state index contributed by atoms with van der Waals surface area (Å²) in [7, 11) is 0. The molecule has 0 bridgehead atoms. The van der Waals surface area contributed by atoms with Crippen LogP contribution in [0.1, 0.15) is 16.0 Å². The number of thiophene rings is 2. The molecule has 6 rings (SSSR count). The van der Waals surface area contributed by atoms with Gasteiger partial charge in [-0.3, -0.25) is 0 Å². The molecule has 2 aromatic heterocycles. The van der Waals surface area contributed by atoms with E-state index >= 15 is 0 Å². The highest BCUT2D eigenvalue weighted by atomic mass is 32.1. The normalized spacial score (nSPS) is 12.2. The maximum absolute atomic E-state index is 2.44. The number of fused-ring (bicyclic) bond motifs is 8. The molecule has 27 heavy (non-hydrogen) atoms. The minimum atomic E-state index is 1.11. The molecule has 0 saturated heterocycles. The SMILES string of the molecule is Cc1ccc(CCc2cc3c4c(ccc3s2)-c2c-4ccc3sccc23)cc1. The molecule has 2 heterocycles. The van der Waals surface area contributed by atoms with E-state index in [9.17, 15) is 0 Å². The van der Waals surface area contributed by atoms with Crippen molar-refractivity contribution in [2.75, 3.05) is 0 Å². The first-order chi connectivity index (χ1) is 13.3. The third kappa shape index (κ3) is 2.33. The van der Waals surface area contributed by atoms with Crippen LogP contribution in [-0.2, 0) is 12.8 Å². The van der Waals surface area contributed by atoms with Crippen LogP contribution in [0.2, 0.25) is 0 Å². The molecule has 0 amide bonds. The summed E-state index contributed by atoms with van der Waals surface area (Å²) in [5, 5.41) is 5.06. The van der Waals surface area contributed by atoms with Gasteiger partial charge in [-0.2, -0.15) is 0 Å². The largest absolute Gasteiger partial charge is 0.144 e. The van der Waals surface area contributed by atoms with Gasteiger partial charge in [0.15, 0.2) is 0 Å².